The number of aliphatic hydroxyl groups is 2. The molecule has 0 aromatic heterocycles. The van der Waals surface area contributed by atoms with Crippen molar-refractivity contribution in [2.24, 2.45) is 23.3 Å². The normalized spacial score (nSPS) is 18.2. The molecule has 2 rings (SSSR count). The number of ether oxygens (including phenoxy) is 1. The Morgan fingerprint density at radius 1 is 1.19 bits per heavy atom. The lowest BCUT2D eigenvalue weighted by Gasteiger charge is -2.21. The number of hydrogen-bond donors (Lipinski definition) is 5. The SMILES string of the molecule is CC(CCCCN)N/C=C(\N)c1ccc(CCOC(C)CC(O)CC(CO)C2CC2)cc1. The summed E-state index contributed by atoms with van der Waals surface area (Å²) in [5.41, 5.74) is 14.7. The average Bonchev–Trinajstić information content (AvgIpc) is 3.62. The Labute approximate surface area is 194 Å². The van der Waals surface area contributed by atoms with Crippen molar-refractivity contribution in [3.8, 4) is 0 Å². The van der Waals surface area contributed by atoms with Crippen molar-refractivity contribution >= 4 is 5.70 Å². The van der Waals surface area contributed by atoms with Gasteiger partial charge in [0.15, 0.2) is 0 Å². The van der Waals surface area contributed by atoms with Crippen molar-refractivity contribution in [1.29, 1.82) is 0 Å². The monoisotopic (exact) mass is 447 g/mol. The van der Waals surface area contributed by atoms with Gasteiger partial charge in [0, 0.05) is 18.8 Å². The lowest BCUT2D eigenvalue weighted by molar-refractivity contribution is 0.0141. The second-order valence-electron chi connectivity index (χ2n) is 9.49. The summed E-state index contributed by atoms with van der Waals surface area (Å²) in [6, 6.07) is 8.64. The van der Waals surface area contributed by atoms with Crippen molar-refractivity contribution < 1.29 is 14.9 Å². The highest BCUT2D eigenvalue weighted by molar-refractivity contribution is 5.62. The predicted molar refractivity (Wildman–Crippen MR) is 132 cm³/mol. The molecule has 1 saturated carbocycles. The van der Waals surface area contributed by atoms with E-state index in [2.05, 4.69) is 24.4 Å². The number of aliphatic hydroxyl groups excluding tert-OH is 2. The molecule has 32 heavy (non-hydrogen) atoms. The highest BCUT2D eigenvalue weighted by Gasteiger charge is 2.32. The van der Waals surface area contributed by atoms with E-state index >= 15 is 0 Å². The third-order valence-corrected chi connectivity index (χ3v) is 6.40. The second-order valence-corrected chi connectivity index (χ2v) is 9.49. The molecule has 0 aliphatic heterocycles. The summed E-state index contributed by atoms with van der Waals surface area (Å²) in [4.78, 5) is 0. The summed E-state index contributed by atoms with van der Waals surface area (Å²) >= 11 is 0. The molecule has 1 aromatic rings. The maximum atomic E-state index is 10.3. The van der Waals surface area contributed by atoms with E-state index in [0.717, 1.165) is 43.5 Å². The molecule has 1 aliphatic rings. The number of benzene rings is 1. The summed E-state index contributed by atoms with van der Waals surface area (Å²) in [5.74, 6) is 0.852. The molecule has 6 nitrogen and oxygen atoms in total. The van der Waals surface area contributed by atoms with E-state index in [9.17, 15) is 10.2 Å². The van der Waals surface area contributed by atoms with Crippen LogP contribution < -0.4 is 16.8 Å². The van der Waals surface area contributed by atoms with Crippen LogP contribution in [0.15, 0.2) is 30.5 Å². The minimum atomic E-state index is -0.409. The van der Waals surface area contributed by atoms with Crippen molar-refractivity contribution in [1.82, 2.24) is 5.32 Å². The average molecular weight is 448 g/mol. The smallest absolute Gasteiger partial charge is 0.0571 e. The molecule has 0 saturated heterocycles. The largest absolute Gasteiger partial charge is 0.397 e. The Hall–Kier alpha value is -1.60. The molecule has 4 atom stereocenters. The van der Waals surface area contributed by atoms with Gasteiger partial charge in [-0.25, -0.2) is 0 Å². The van der Waals surface area contributed by atoms with Crippen LogP contribution in [0.3, 0.4) is 0 Å². The first-order valence-corrected chi connectivity index (χ1v) is 12.3. The van der Waals surface area contributed by atoms with Gasteiger partial charge in [-0.15, -0.1) is 0 Å². The van der Waals surface area contributed by atoms with Crippen LogP contribution in [0.25, 0.3) is 5.70 Å². The van der Waals surface area contributed by atoms with Gasteiger partial charge in [-0.05, 0) is 88.3 Å². The molecule has 0 radical (unpaired) electrons. The highest BCUT2D eigenvalue weighted by atomic mass is 16.5. The van der Waals surface area contributed by atoms with Gasteiger partial charge in [0.1, 0.15) is 0 Å². The Kier molecular flexibility index (Phi) is 12.1. The van der Waals surface area contributed by atoms with Gasteiger partial charge in [-0.2, -0.15) is 0 Å². The summed E-state index contributed by atoms with van der Waals surface area (Å²) in [5, 5.41) is 23.1. The number of hydrogen-bond acceptors (Lipinski definition) is 6. The zero-order chi connectivity index (χ0) is 23.3. The van der Waals surface area contributed by atoms with Crippen LogP contribution in [0.2, 0.25) is 0 Å². The molecule has 1 fully saturated rings. The molecule has 0 bridgehead atoms. The molecule has 1 aromatic carbocycles. The third-order valence-electron chi connectivity index (χ3n) is 6.40. The van der Waals surface area contributed by atoms with Crippen molar-refractivity contribution in [3.63, 3.8) is 0 Å². The summed E-state index contributed by atoms with van der Waals surface area (Å²) in [7, 11) is 0. The topological polar surface area (TPSA) is 114 Å². The second kappa shape index (κ2) is 14.5. The van der Waals surface area contributed by atoms with E-state index in [1.807, 2.05) is 25.3 Å². The van der Waals surface area contributed by atoms with Gasteiger partial charge in [0.25, 0.3) is 0 Å². The van der Waals surface area contributed by atoms with Crippen LogP contribution >= 0.6 is 0 Å². The van der Waals surface area contributed by atoms with E-state index < -0.39 is 6.10 Å². The maximum absolute atomic E-state index is 10.3. The molecule has 0 spiro atoms. The van der Waals surface area contributed by atoms with Gasteiger partial charge in [0.2, 0.25) is 0 Å². The minimum Gasteiger partial charge on any atom is -0.397 e. The fourth-order valence-corrected chi connectivity index (χ4v) is 4.12. The maximum Gasteiger partial charge on any atom is 0.0571 e. The van der Waals surface area contributed by atoms with Gasteiger partial charge in [-0.3, -0.25) is 0 Å². The lowest BCUT2D eigenvalue weighted by atomic mass is 9.95. The summed E-state index contributed by atoms with van der Waals surface area (Å²) < 4.78 is 5.91. The van der Waals surface area contributed by atoms with Crippen LogP contribution in [0.5, 0.6) is 0 Å². The number of nitrogens with one attached hydrogen (secondary N) is 1. The van der Waals surface area contributed by atoms with Crippen molar-refractivity contribution in [2.75, 3.05) is 19.8 Å². The zero-order valence-electron chi connectivity index (χ0n) is 20.0. The quantitative estimate of drug-likeness (QED) is 0.234. The number of unbranched alkanes of at least 4 members (excludes halogenated alkanes) is 1. The fraction of sp³-hybridized carbons (Fsp3) is 0.692. The van der Waals surface area contributed by atoms with E-state index in [-0.39, 0.29) is 18.6 Å². The Bertz CT molecular complexity index is 661. The molecule has 1 aliphatic carbocycles. The molecule has 7 N–H and O–H groups in total. The summed E-state index contributed by atoms with van der Waals surface area (Å²) in [6.07, 6.45) is 9.23. The van der Waals surface area contributed by atoms with Gasteiger partial charge in [-0.1, -0.05) is 30.7 Å². The first-order chi connectivity index (χ1) is 15.4. The molecule has 0 heterocycles. The van der Waals surface area contributed by atoms with Crippen molar-refractivity contribution in [2.45, 2.75) is 83.5 Å². The predicted octanol–water partition coefficient (Wildman–Crippen LogP) is 3.16. The molecule has 6 heteroatoms. The number of rotatable bonds is 17. The van der Waals surface area contributed by atoms with E-state index in [0.29, 0.717) is 31.4 Å². The Morgan fingerprint density at radius 3 is 2.53 bits per heavy atom. The highest BCUT2D eigenvalue weighted by Crippen LogP contribution is 2.39. The van der Waals surface area contributed by atoms with Gasteiger partial charge >= 0.3 is 0 Å². The Morgan fingerprint density at radius 2 is 1.91 bits per heavy atom. The first-order valence-electron chi connectivity index (χ1n) is 12.3. The zero-order valence-corrected chi connectivity index (χ0v) is 20.0. The van der Waals surface area contributed by atoms with Crippen LogP contribution in [0, 0.1) is 11.8 Å². The molecular formula is C26H45N3O3. The van der Waals surface area contributed by atoms with E-state index in [4.69, 9.17) is 16.2 Å². The van der Waals surface area contributed by atoms with Gasteiger partial charge in [0.05, 0.1) is 24.5 Å². The molecule has 4 unspecified atom stereocenters. The third kappa shape index (κ3) is 10.3. The molecular weight excluding hydrogens is 402 g/mol. The first kappa shape index (κ1) is 26.7. The van der Waals surface area contributed by atoms with E-state index in [1.54, 1.807) is 0 Å². The van der Waals surface area contributed by atoms with Crippen LogP contribution in [0.1, 0.15) is 69.9 Å². The minimum absolute atomic E-state index is 0.000636. The Balaban J connectivity index is 1.66. The van der Waals surface area contributed by atoms with Gasteiger partial charge < -0.3 is 31.7 Å². The van der Waals surface area contributed by atoms with Crippen LogP contribution in [-0.2, 0) is 11.2 Å². The molecule has 182 valence electrons. The van der Waals surface area contributed by atoms with Crippen LogP contribution in [-0.4, -0.2) is 48.2 Å². The van der Waals surface area contributed by atoms with E-state index in [1.165, 1.54) is 18.4 Å². The summed E-state index contributed by atoms with van der Waals surface area (Å²) in [6.45, 7) is 5.70. The fourth-order valence-electron chi connectivity index (χ4n) is 4.12. The lowest BCUT2D eigenvalue weighted by Crippen LogP contribution is -2.23. The van der Waals surface area contributed by atoms with Crippen molar-refractivity contribution in [3.05, 3.63) is 41.6 Å². The van der Waals surface area contributed by atoms with Crippen LogP contribution in [0.4, 0.5) is 0 Å². The standard InChI is InChI=1S/C26H45N3O3/c1-19(5-3-4-13-27)29-17-26(28)23-8-6-21(7-9-23)12-14-32-20(2)15-25(31)16-24(18-30)22-10-11-22/h6-9,17,19-20,22,24-25,29-31H,3-5,10-16,18,27-28H2,1-2H3/b26-17-. The number of nitrogens with two attached hydrogens (primary N) is 2. The molecule has 0 amide bonds.